The van der Waals surface area contributed by atoms with Crippen LogP contribution in [-0.2, 0) is 9.59 Å². The first-order valence-corrected chi connectivity index (χ1v) is 12.2. The summed E-state index contributed by atoms with van der Waals surface area (Å²) in [6.07, 6.45) is 10.8. The predicted octanol–water partition coefficient (Wildman–Crippen LogP) is 4.77. The third-order valence-corrected chi connectivity index (χ3v) is 9.84. The number of likely N-dealkylation sites (tertiary alicyclic amines) is 1. The molecule has 0 aromatic rings. The Hall–Kier alpha value is -1.06. The molecule has 3 aliphatic carbocycles. The lowest BCUT2D eigenvalue weighted by molar-refractivity contribution is -0.157. The minimum atomic E-state index is 0.258. The average Bonchev–Trinajstić information content (AvgIpc) is 3.00. The van der Waals surface area contributed by atoms with Crippen LogP contribution in [0.2, 0.25) is 0 Å². The molecule has 4 nitrogen and oxygen atoms in total. The molecule has 4 aliphatic rings. The Balaban J connectivity index is 1.48. The zero-order valence-corrected chi connectivity index (χ0v) is 19.3. The summed E-state index contributed by atoms with van der Waals surface area (Å²) >= 11 is 0. The molecule has 0 bridgehead atoms. The second-order valence-corrected chi connectivity index (χ2v) is 11.7. The van der Waals surface area contributed by atoms with Crippen molar-refractivity contribution in [2.24, 2.45) is 34.5 Å². The van der Waals surface area contributed by atoms with Crippen LogP contribution in [0.5, 0.6) is 0 Å². The highest BCUT2D eigenvalue weighted by molar-refractivity contribution is 5.77. The average molecular weight is 403 g/mol. The van der Waals surface area contributed by atoms with Crippen molar-refractivity contribution < 1.29 is 9.59 Å². The standard InChI is InChI=1S/C25H42N2O2/c1-16(2)6-11-22(28)26-20-9-8-18-17-7-10-21-25(4,15-13-23(29)27(21)5)19(17)12-14-24(18,20)3/h16-21H,6-15H2,1-5H3,(H,26,28)/t17-,18-,19+,20?,21?,24-,25+/m0/s1. The molecule has 3 saturated carbocycles. The van der Waals surface area contributed by atoms with Crippen LogP contribution < -0.4 is 5.32 Å². The maximum absolute atomic E-state index is 12.6. The highest BCUT2D eigenvalue weighted by Gasteiger charge is 2.61. The molecule has 0 spiro atoms. The van der Waals surface area contributed by atoms with E-state index >= 15 is 0 Å². The van der Waals surface area contributed by atoms with Crippen LogP contribution in [0.25, 0.3) is 0 Å². The predicted molar refractivity (Wildman–Crippen MR) is 116 cm³/mol. The van der Waals surface area contributed by atoms with E-state index in [0.29, 0.717) is 30.3 Å². The molecule has 2 amide bonds. The van der Waals surface area contributed by atoms with Gasteiger partial charge in [0.1, 0.15) is 0 Å². The van der Waals surface area contributed by atoms with Gasteiger partial charge in [0, 0.05) is 32.0 Å². The van der Waals surface area contributed by atoms with Gasteiger partial charge in [-0.3, -0.25) is 9.59 Å². The fourth-order valence-corrected chi connectivity index (χ4v) is 8.07. The Labute approximate surface area is 177 Å². The van der Waals surface area contributed by atoms with E-state index in [4.69, 9.17) is 0 Å². The highest BCUT2D eigenvalue weighted by atomic mass is 16.2. The fourth-order valence-electron chi connectivity index (χ4n) is 8.07. The van der Waals surface area contributed by atoms with Crippen LogP contribution in [0.4, 0.5) is 0 Å². The lowest BCUT2D eigenvalue weighted by atomic mass is 9.47. The number of piperidine rings is 1. The van der Waals surface area contributed by atoms with E-state index in [0.717, 1.165) is 49.9 Å². The molecule has 4 fully saturated rings. The van der Waals surface area contributed by atoms with Crippen LogP contribution in [0.15, 0.2) is 0 Å². The molecule has 164 valence electrons. The molecule has 1 N–H and O–H groups in total. The van der Waals surface area contributed by atoms with Gasteiger partial charge >= 0.3 is 0 Å². The first-order valence-electron chi connectivity index (χ1n) is 12.2. The largest absolute Gasteiger partial charge is 0.353 e. The van der Waals surface area contributed by atoms with Gasteiger partial charge in [0.25, 0.3) is 0 Å². The number of amides is 2. The summed E-state index contributed by atoms with van der Waals surface area (Å²) in [5.74, 6) is 3.43. The second kappa shape index (κ2) is 7.57. The number of carbonyl (C=O) groups is 2. The number of nitrogens with zero attached hydrogens (tertiary/aromatic N) is 1. The van der Waals surface area contributed by atoms with Crippen LogP contribution in [0.1, 0.15) is 91.9 Å². The molecule has 1 aliphatic heterocycles. The van der Waals surface area contributed by atoms with Gasteiger partial charge < -0.3 is 10.2 Å². The van der Waals surface area contributed by atoms with Crippen LogP contribution in [0.3, 0.4) is 0 Å². The second-order valence-electron chi connectivity index (χ2n) is 11.7. The third kappa shape index (κ3) is 3.43. The van der Waals surface area contributed by atoms with Gasteiger partial charge in [-0.2, -0.15) is 0 Å². The van der Waals surface area contributed by atoms with E-state index in [-0.39, 0.29) is 16.7 Å². The maximum Gasteiger partial charge on any atom is 0.222 e. The Bertz CT molecular complexity index is 661. The molecular weight excluding hydrogens is 360 g/mol. The summed E-state index contributed by atoms with van der Waals surface area (Å²) in [6.45, 7) is 9.34. The van der Waals surface area contributed by atoms with Crippen molar-refractivity contribution >= 4 is 11.8 Å². The van der Waals surface area contributed by atoms with E-state index in [9.17, 15) is 9.59 Å². The van der Waals surface area contributed by atoms with Gasteiger partial charge in [0.15, 0.2) is 0 Å². The third-order valence-electron chi connectivity index (χ3n) is 9.84. The fraction of sp³-hybridized carbons (Fsp3) is 0.920. The maximum atomic E-state index is 12.6. The molecule has 4 rings (SSSR count). The lowest BCUT2D eigenvalue weighted by Crippen LogP contribution is -2.62. The first kappa shape index (κ1) is 21.2. The SMILES string of the molecule is CC(C)CCC(=O)NC1CC[C@H]2[C@@H]3CCC4N(C)C(=O)CC[C@]4(C)[C@@H]3CC[C@]12C. The Morgan fingerprint density at radius 3 is 2.52 bits per heavy atom. The van der Waals surface area contributed by atoms with E-state index in [2.05, 4.69) is 37.9 Å². The van der Waals surface area contributed by atoms with Gasteiger partial charge in [-0.15, -0.1) is 0 Å². The van der Waals surface area contributed by atoms with Crippen LogP contribution in [-0.4, -0.2) is 35.8 Å². The number of carbonyl (C=O) groups excluding carboxylic acids is 2. The summed E-state index contributed by atoms with van der Waals surface area (Å²) in [5, 5.41) is 3.46. The van der Waals surface area contributed by atoms with Crippen LogP contribution >= 0.6 is 0 Å². The van der Waals surface area contributed by atoms with Gasteiger partial charge in [-0.1, -0.05) is 27.7 Å². The van der Waals surface area contributed by atoms with Crippen molar-refractivity contribution in [1.29, 1.82) is 0 Å². The lowest BCUT2D eigenvalue weighted by Gasteiger charge is -2.61. The number of fused-ring (bicyclic) bond motifs is 5. The zero-order chi connectivity index (χ0) is 21.0. The smallest absolute Gasteiger partial charge is 0.222 e. The Morgan fingerprint density at radius 2 is 1.79 bits per heavy atom. The van der Waals surface area contributed by atoms with E-state index in [1.807, 2.05) is 7.05 Å². The molecule has 1 saturated heterocycles. The molecule has 0 aromatic carbocycles. The summed E-state index contributed by atoms with van der Waals surface area (Å²) < 4.78 is 0. The number of hydrogen-bond acceptors (Lipinski definition) is 2. The normalized spacial score (nSPS) is 44.3. The number of rotatable bonds is 4. The van der Waals surface area contributed by atoms with Crippen molar-refractivity contribution in [2.75, 3.05) is 7.05 Å². The van der Waals surface area contributed by atoms with Crippen molar-refractivity contribution in [3.63, 3.8) is 0 Å². The Morgan fingerprint density at radius 1 is 1.07 bits per heavy atom. The van der Waals surface area contributed by atoms with E-state index < -0.39 is 0 Å². The highest BCUT2D eigenvalue weighted by Crippen LogP contribution is 2.64. The topological polar surface area (TPSA) is 49.4 Å². The molecule has 1 heterocycles. The van der Waals surface area contributed by atoms with Crippen LogP contribution in [0, 0.1) is 34.5 Å². The van der Waals surface area contributed by atoms with Gasteiger partial charge in [0.05, 0.1) is 0 Å². The van der Waals surface area contributed by atoms with Gasteiger partial charge in [-0.05, 0) is 85.9 Å². The molecule has 0 aromatic heterocycles. The summed E-state index contributed by atoms with van der Waals surface area (Å²) in [4.78, 5) is 27.0. The molecule has 29 heavy (non-hydrogen) atoms. The Kier molecular flexibility index (Phi) is 5.53. The quantitative estimate of drug-likeness (QED) is 0.736. The summed E-state index contributed by atoms with van der Waals surface area (Å²) in [5.41, 5.74) is 0.541. The molecule has 0 radical (unpaired) electrons. The minimum absolute atomic E-state index is 0.258. The van der Waals surface area contributed by atoms with E-state index in [1.54, 1.807) is 0 Å². The molecule has 4 heteroatoms. The van der Waals surface area contributed by atoms with Gasteiger partial charge in [-0.25, -0.2) is 0 Å². The van der Waals surface area contributed by atoms with Crippen molar-refractivity contribution in [1.82, 2.24) is 10.2 Å². The van der Waals surface area contributed by atoms with E-state index in [1.165, 1.54) is 25.7 Å². The molecular formula is C25H42N2O2. The van der Waals surface area contributed by atoms with Crippen molar-refractivity contribution in [2.45, 2.75) is 104 Å². The van der Waals surface area contributed by atoms with Crippen molar-refractivity contribution in [3.05, 3.63) is 0 Å². The molecule has 2 unspecified atom stereocenters. The molecule has 7 atom stereocenters. The van der Waals surface area contributed by atoms with Gasteiger partial charge in [0.2, 0.25) is 11.8 Å². The first-order chi connectivity index (χ1) is 13.7. The summed E-state index contributed by atoms with van der Waals surface area (Å²) in [7, 11) is 2.04. The monoisotopic (exact) mass is 402 g/mol. The number of hydrogen-bond donors (Lipinski definition) is 1. The van der Waals surface area contributed by atoms with Crippen molar-refractivity contribution in [3.8, 4) is 0 Å². The zero-order valence-electron chi connectivity index (χ0n) is 19.3. The summed E-state index contributed by atoms with van der Waals surface area (Å²) in [6, 6.07) is 0.788. The minimum Gasteiger partial charge on any atom is -0.353 e. The number of nitrogens with one attached hydrogen (secondary N) is 1.